The maximum Gasteiger partial charge on any atom is 0.134 e. The SMILES string of the molecule is COc1ccc(CC2CCN(c3cc(N4CCCC4)ncn3)CC2)cc1. The molecular weight excluding hydrogens is 324 g/mol. The van der Waals surface area contributed by atoms with Gasteiger partial charge in [-0.05, 0) is 55.7 Å². The molecule has 0 bridgehead atoms. The van der Waals surface area contributed by atoms with Crippen LogP contribution in [0.25, 0.3) is 0 Å². The van der Waals surface area contributed by atoms with E-state index in [9.17, 15) is 0 Å². The second kappa shape index (κ2) is 7.94. The summed E-state index contributed by atoms with van der Waals surface area (Å²) in [5, 5.41) is 0. The molecule has 2 aromatic rings. The molecule has 0 aliphatic carbocycles. The molecule has 26 heavy (non-hydrogen) atoms. The van der Waals surface area contributed by atoms with E-state index in [0.717, 1.165) is 55.9 Å². The maximum atomic E-state index is 5.25. The Balaban J connectivity index is 1.33. The molecule has 1 aromatic heterocycles. The average Bonchev–Trinajstić information content (AvgIpc) is 3.24. The lowest BCUT2D eigenvalue weighted by atomic mass is 9.90. The van der Waals surface area contributed by atoms with Crippen LogP contribution in [0.5, 0.6) is 5.75 Å². The number of anilines is 2. The number of methoxy groups -OCH3 is 1. The van der Waals surface area contributed by atoms with E-state index in [1.54, 1.807) is 13.4 Å². The second-order valence-corrected chi connectivity index (χ2v) is 7.41. The molecule has 0 saturated carbocycles. The van der Waals surface area contributed by atoms with Crippen LogP contribution in [0.1, 0.15) is 31.2 Å². The first kappa shape index (κ1) is 17.1. The van der Waals surface area contributed by atoms with E-state index in [2.05, 4.69) is 50.1 Å². The molecule has 0 radical (unpaired) electrons. The molecule has 2 aliphatic heterocycles. The summed E-state index contributed by atoms with van der Waals surface area (Å²) in [7, 11) is 1.72. The van der Waals surface area contributed by atoms with E-state index in [4.69, 9.17) is 4.74 Å². The van der Waals surface area contributed by atoms with Gasteiger partial charge in [0, 0.05) is 32.2 Å². The van der Waals surface area contributed by atoms with Gasteiger partial charge in [-0.1, -0.05) is 12.1 Å². The van der Waals surface area contributed by atoms with Crippen LogP contribution in [0.4, 0.5) is 11.6 Å². The molecule has 4 rings (SSSR count). The zero-order valence-corrected chi connectivity index (χ0v) is 15.6. The van der Waals surface area contributed by atoms with Gasteiger partial charge in [-0.15, -0.1) is 0 Å². The number of benzene rings is 1. The molecule has 2 aliphatic rings. The van der Waals surface area contributed by atoms with Crippen LogP contribution in [-0.4, -0.2) is 43.3 Å². The van der Waals surface area contributed by atoms with Crippen LogP contribution in [0.2, 0.25) is 0 Å². The highest BCUT2D eigenvalue weighted by molar-refractivity contribution is 5.50. The fraction of sp³-hybridized carbons (Fsp3) is 0.524. The van der Waals surface area contributed by atoms with Gasteiger partial charge in [0.1, 0.15) is 23.7 Å². The Kier molecular flexibility index (Phi) is 5.23. The predicted molar refractivity (Wildman–Crippen MR) is 105 cm³/mol. The van der Waals surface area contributed by atoms with Gasteiger partial charge >= 0.3 is 0 Å². The van der Waals surface area contributed by atoms with Crippen LogP contribution in [0, 0.1) is 5.92 Å². The molecule has 2 fully saturated rings. The van der Waals surface area contributed by atoms with Crippen molar-refractivity contribution in [3.05, 3.63) is 42.2 Å². The van der Waals surface area contributed by atoms with E-state index in [1.807, 2.05) is 0 Å². The van der Waals surface area contributed by atoms with Crippen LogP contribution in [0.15, 0.2) is 36.7 Å². The highest BCUT2D eigenvalue weighted by Crippen LogP contribution is 2.27. The first-order valence-electron chi connectivity index (χ1n) is 9.77. The molecule has 5 nitrogen and oxygen atoms in total. The third-order valence-electron chi connectivity index (χ3n) is 5.69. The van der Waals surface area contributed by atoms with E-state index in [0.29, 0.717) is 0 Å². The zero-order chi connectivity index (χ0) is 17.8. The van der Waals surface area contributed by atoms with Gasteiger partial charge in [0.05, 0.1) is 7.11 Å². The lowest BCUT2D eigenvalue weighted by molar-refractivity contribution is 0.400. The summed E-state index contributed by atoms with van der Waals surface area (Å²) in [4.78, 5) is 13.8. The Hall–Kier alpha value is -2.30. The summed E-state index contributed by atoms with van der Waals surface area (Å²) in [5.74, 6) is 3.86. The molecule has 2 saturated heterocycles. The highest BCUT2D eigenvalue weighted by Gasteiger charge is 2.22. The lowest BCUT2D eigenvalue weighted by Crippen LogP contribution is -2.35. The Morgan fingerprint density at radius 1 is 0.923 bits per heavy atom. The number of aromatic nitrogens is 2. The highest BCUT2D eigenvalue weighted by atomic mass is 16.5. The van der Waals surface area contributed by atoms with Crippen LogP contribution in [0.3, 0.4) is 0 Å². The summed E-state index contributed by atoms with van der Waals surface area (Å²) in [6, 6.07) is 10.7. The standard InChI is InChI=1S/C21H28N4O/c1-26-19-6-4-17(5-7-19)14-18-8-12-25(13-9-18)21-15-20(22-16-23-21)24-10-2-3-11-24/h4-7,15-16,18H,2-3,8-14H2,1H3. The lowest BCUT2D eigenvalue weighted by Gasteiger charge is -2.33. The van der Waals surface area contributed by atoms with Crippen LogP contribution in [-0.2, 0) is 6.42 Å². The monoisotopic (exact) mass is 352 g/mol. The first-order chi connectivity index (χ1) is 12.8. The quantitative estimate of drug-likeness (QED) is 0.823. The molecular formula is C21H28N4O. The smallest absolute Gasteiger partial charge is 0.134 e. The normalized spacial score (nSPS) is 18.3. The van der Waals surface area contributed by atoms with Gasteiger partial charge in [0.2, 0.25) is 0 Å². The Morgan fingerprint density at radius 2 is 1.54 bits per heavy atom. The summed E-state index contributed by atoms with van der Waals surface area (Å²) in [6.45, 7) is 4.41. The zero-order valence-electron chi connectivity index (χ0n) is 15.6. The summed E-state index contributed by atoms with van der Waals surface area (Å²) in [6.07, 6.45) is 7.86. The summed E-state index contributed by atoms with van der Waals surface area (Å²) >= 11 is 0. The predicted octanol–water partition coefficient (Wildman–Crippen LogP) is 3.54. The minimum atomic E-state index is 0.750. The van der Waals surface area contributed by atoms with Crippen LogP contribution < -0.4 is 14.5 Å². The van der Waals surface area contributed by atoms with Crippen molar-refractivity contribution in [3.63, 3.8) is 0 Å². The minimum absolute atomic E-state index is 0.750. The summed E-state index contributed by atoms with van der Waals surface area (Å²) < 4.78 is 5.25. The third kappa shape index (κ3) is 3.92. The van der Waals surface area contributed by atoms with E-state index >= 15 is 0 Å². The van der Waals surface area contributed by atoms with Crippen molar-refractivity contribution in [1.82, 2.24) is 9.97 Å². The van der Waals surface area contributed by atoms with Crippen LogP contribution >= 0.6 is 0 Å². The van der Waals surface area contributed by atoms with Crippen molar-refractivity contribution in [2.75, 3.05) is 43.1 Å². The number of ether oxygens (including phenoxy) is 1. The molecule has 0 N–H and O–H groups in total. The molecule has 0 spiro atoms. The average molecular weight is 352 g/mol. The van der Waals surface area contributed by atoms with Crippen molar-refractivity contribution in [2.45, 2.75) is 32.1 Å². The molecule has 5 heteroatoms. The number of rotatable bonds is 5. The fourth-order valence-electron chi connectivity index (χ4n) is 4.09. The molecule has 0 atom stereocenters. The van der Waals surface area contributed by atoms with Gasteiger partial charge in [0.25, 0.3) is 0 Å². The number of hydrogen-bond donors (Lipinski definition) is 0. The van der Waals surface area contributed by atoms with Gasteiger partial charge < -0.3 is 14.5 Å². The van der Waals surface area contributed by atoms with Crippen molar-refractivity contribution in [2.24, 2.45) is 5.92 Å². The van der Waals surface area contributed by atoms with E-state index in [-0.39, 0.29) is 0 Å². The number of hydrogen-bond acceptors (Lipinski definition) is 5. The molecule has 0 amide bonds. The van der Waals surface area contributed by atoms with Gasteiger partial charge in [-0.2, -0.15) is 0 Å². The third-order valence-corrected chi connectivity index (χ3v) is 5.69. The Bertz CT molecular complexity index is 704. The topological polar surface area (TPSA) is 41.5 Å². The Labute approximate surface area is 156 Å². The van der Waals surface area contributed by atoms with Crippen molar-refractivity contribution in [3.8, 4) is 5.75 Å². The maximum absolute atomic E-state index is 5.25. The molecule has 0 unspecified atom stereocenters. The first-order valence-corrected chi connectivity index (χ1v) is 9.77. The molecule has 3 heterocycles. The number of piperidine rings is 1. The van der Waals surface area contributed by atoms with Crippen molar-refractivity contribution < 1.29 is 4.74 Å². The van der Waals surface area contributed by atoms with Crippen molar-refractivity contribution in [1.29, 1.82) is 0 Å². The molecule has 138 valence electrons. The van der Waals surface area contributed by atoms with Gasteiger partial charge in [-0.3, -0.25) is 0 Å². The van der Waals surface area contributed by atoms with Crippen molar-refractivity contribution >= 4 is 11.6 Å². The number of nitrogens with zero attached hydrogens (tertiary/aromatic N) is 4. The van der Waals surface area contributed by atoms with Gasteiger partial charge in [0.15, 0.2) is 0 Å². The summed E-state index contributed by atoms with van der Waals surface area (Å²) in [5.41, 5.74) is 1.41. The van der Waals surface area contributed by atoms with Gasteiger partial charge in [-0.25, -0.2) is 9.97 Å². The second-order valence-electron chi connectivity index (χ2n) is 7.41. The Morgan fingerprint density at radius 3 is 2.15 bits per heavy atom. The van der Waals surface area contributed by atoms with E-state index < -0.39 is 0 Å². The molecule has 1 aromatic carbocycles. The van der Waals surface area contributed by atoms with E-state index in [1.165, 1.54) is 31.2 Å². The largest absolute Gasteiger partial charge is 0.497 e. The minimum Gasteiger partial charge on any atom is -0.497 e. The fourth-order valence-corrected chi connectivity index (χ4v) is 4.09.